The highest BCUT2D eigenvalue weighted by Crippen LogP contribution is 2.31. The number of hydrogen-bond donors (Lipinski definition) is 0. The smallest absolute Gasteiger partial charge is 0.339 e. The van der Waals surface area contributed by atoms with E-state index in [2.05, 4.69) is 4.98 Å². The van der Waals surface area contributed by atoms with Crippen molar-refractivity contribution in [3.63, 3.8) is 0 Å². The summed E-state index contributed by atoms with van der Waals surface area (Å²) in [6.07, 6.45) is -0.921. The van der Waals surface area contributed by atoms with Crippen LogP contribution in [0.2, 0.25) is 0 Å². The molecule has 1 amide bonds. The number of esters is 1. The second kappa shape index (κ2) is 8.08. The summed E-state index contributed by atoms with van der Waals surface area (Å²) < 4.78 is 17.4. The van der Waals surface area contributed by atoms with E-state index >= 15 is 0 Å². The normalized spacial score (nSPS) is 13.7. The minimum Gasteiger partial charge on any atom is -0.486 e. The Bertz CT molecular complexity index is 1030. The predicted octanol–water partition coefficient (Wildman–Crippen LogP) is 3.27. The molecule has 0 aliphatic carbocycles. The molecule has 1 aliphatic rings. The monoisotopic (exact) mass is 412 g/mol. The largest absolute Gasteiger partial charge is 0.486 e. The summed E-state index contributed by atoms with van der Waals surface area (Å²) in [5, 5.41) is 0.826. The maximum absolute atomic E-state index is 12.6. The molecule has 0 fully saturated rings. The highest BCUT2D eigenvalue weighted by atomic mass is 32.1. The molecule has 2 heterocycles. The second-order valence-electron chi connectivity index (χ2n) is 6.68. The molecule has 1 atom stereocenters. The van der Waals surface area contributed by atoms with Crippen molar-refractivity contribution in [2.24, 2.45) is 0 Å². The van der Waals surface area contributed by atoms with E-state index in [0.29, 0.717) is 36.8 Å². The van der Waals surface area contributed by atoms with Crippen molar-refractivity contribution in [2.75, 3.05) is 20.3 Å². The van der Waals surface area contributed by atoms with Crippen molar-refractivity contribution in [1.82, 2.24) is 9.88 Å². The molecule has 7 nitrogen and oxygen atoms in total. The zero-order valence-corrected chi connectivity index (χ0v) is 16.9. The third-order valence-electron chi connectivity index (χ3n) is 4.50. The maximum atomic E-state index is 12.6. The number of ether oxygens (including phenoxy) is 3. The van der Waals surface area contributed by atoms with Crippen molar-refractivity contribution in [3.8, 4) is 11.5 Å². The number of benzene rings is 2. The Labute approximate surface area is 171 Å². The van der Waals surface area contributed by atoms with Gasteiger partial charge in [-0.1, -0.05) is 12.1 Å². The lowest BCUT2D eigenvalue weighted by Gasteiger charge is -2.21. The highest BCUT2D eigenvalue weighted by Gasteiger charge is 2.24. The van der Waals surface area contributed by atoms with Gasteiger partial charge in [-0.15, -0.1) is 11.3 Å². The van der Waals surface area contributed by atoms with Crippen LogP contribution < -0.4 is 9.47 Å². The summed E-state index contributed by atoms with van der Waals surface area (Å²) in [5.74, 6) is 0.205. The molecule has 1 unspecified atom stereocenters. The van der Waals surface area contributed by atoms with Crippen LogP contribution in [0.3, 0.4) is 0 Å². The fourth-order valence-corrected chi connectivity index (χ4v) is 4.05. The van der Waals surface area contributed by atoms with Crippen LogP contribution in [-0.4, -0.2) is 48.1 Å². The summed E-state index contributed by atoms with van der Waals surface area (Å²) in [6.45, 7) is 2.82. The van der Waals surface area contributed by atoms with Crippen LogP contribution in [0, 0.1) is 0 Å². The molecule has 3 aromatic rings. The lowest BCUT2D eigenvalue weighted by molar-refractivity contribution is -0.139. The van der Waals surface area contributed by atoms with Crippen LogP contribution >= 0.6 is 11.3 Å². The van der Waals surface area contributed by atoms with Gasteiger partial charge in [0.2, 0.25) is 0 Å². The molecule has 0 N–H and O–H groups in total. The number of para-hydroxylation sites is 1. The molecule has 29 heavy (non-hydrogen) atoms. The molecule has 150 valence electrons. The predicted molar refractivity (Wildman–Crippen MR) is 108 cm³/mol. The van der Waals surface area contributed by atoms with E-state index in [0.717, 1.165) is 15.2 Å². The maximum Gasteiger partial charge on any atom is 0.339 e. The van der Waals surface area contributed by atoms with Gasteiger partial charge in [-0.3, -0.25) is 4.79 Å². The fraction of sp³-hybridized carbons (Fsp3) is 0.286. The van der Waals surface area contributed by atoms with Crippen LogP contribution in [0.5, 0.6) is 11.5 Å². The Morgan fingerprint density at radius 3 is 2.72 bits per heavy atom. The minimum atomic E-state index is -0.921. The number of thiazole rings is 1. The third-order valence-corrected chi connectivity index (χ3v) is 5.52. The van der Waals surface area contributed by atoms with Crippen LogP contribution in [0.25, 0.3) is 10.2 Å². The van der Waals surface area contributed by atoms with E-state index in [1.54, 1.807) is 43.5 Å². The van der Waals surface area contributed by atoms with Gasteiger partial charge < -0.3 is 19.1 Å². The van der Waals surface area contributed by atoms with Gasteiger partial charge in [-0.25, -0.2) is 9.78 Å². The standard InChI is InChI=1S/C21H20N2O5S/c1-13(28-21(25)14-7-8-16-17(11-14)27-10-9-26-16)20(24)23(2)12-19-22-15-5-3-4-6-18(15)29-19/h3-8,11,13H,9-10,12H2,1-2H3. The first-order valence-electron chi connectivity index (χ1n) is 9.21. The Morgan fingerprint density at radius 1 is 1.17 bits per heavy atom. The minimum absolute atomic E-state index is 0.296. The molecule has 1 aliphatic heterocycles. The number of likely N-dealkylation sites (N-methyl/N-ethyl adjacent to an activating group) is 1. The Hall–Kier alpha value is -3.13. The number of aromatic nitrogens is 1. The zero-order valence-electron chi connectivity index (χ0n) is 16.1. The zero-order chi connectivity index (χ0) is 20.4. The highest BCUT2D eigenvalue weighted by molar-refractivity contribution is 7.18. The summed E-state index contributed by atoms with van der Waals surface area (Å²) in [7, 11) is 1.67. The van der Waals surface area contributed by atoms with Crippen molar-refractivity contribution in [1.29, 1.82) is 0 Å². The molecule has 8 heteroatoms. The second-order valence-corrected chi connectivity index (χ2v) is 7.79. The Kier molecular flexibility index (Phi) is 5.35. The number of nitrogens with zero attached hydrogens (tertiary/aromatic N) is 2. The van der Waals surface area contributed by atoms with Crippen LogP contribution in [0.15, 0.2) is 42.5 Å². The first-order valence-corrected chi connectivity index (χ1v) is 10.0. The SMILES string of the molecule is CC(OC(=O)c1ccc2c(c1)OCCO2)C(=O)N(C)Cc1nc2ccccc2s1. The lowest BCUT2D eigenvalue weighted by Crippen LogP contribution is -2.37. The van der Waals surface area contributed by atoms with Gasteiger partial charge in [0.1, 0.15) is 18.2 Å². The van der Waals surface area contributed by atoms with Crippen molar-refractivity contribution >= 4 is 33.4 Å². The average molecular weight is 412 g/mol. The van der Waals surface area contributed by atoms with E-state index in [4.69, 9.17) is 14.2 Å². The molecule has 0 saturated carbocycles. The summed E-state index contributed by atoms with van der Waals surface area (Å²) in [4.78, 5) is 31.1. The number of amides is 1. The number of fused-ring (bicyclic) bond motifs is 2. The third kappa shape index (κ3) is 4.17. The van der Waals surface area contributed by atoms with E-state index < -0.39 is 12.1 Å². The first kappa shape index (κ1) is 19.2. The van der Waals surface area contributed by atoms with Crippen LogP contribution in [-0.2, 0) is 16.1 Å². The summed E-state index contributed by atoms with van der Waals surface area (Å²) >= 11 is 1.54. The van der Waals surface area contributed by atoms with Crippen molar-refractivity contribution < 1.29 is 23.8 Å². The molecule has 0 bridgehead atoms. The lowest BCUT2D eigenvalue weighted by atomic mass is 10.2. The molecule has 0 spiro atoms. The molecular formula is C21H20N2O5S. The Balaban J connectivity index is 1.38. The Morgan fingerprint density at radius 2 is 1.93 bits per heavy atom. The first-order chi connectivity index (χ1) is 14.0. The number of carbonyl (C=O) groups is 2. The molecular weight excluding hydrogens is 392 g/mol. The van der Waals surface area contributed by atoms with E-state index in [1.165, 1.54) is 4.90 Å². The molecule has 0 radical (unpaired) electrons. The number of hydrogen-bond acceptors (Lipinski definition) is 7. The molecule has 1 aromatic heterocycles. The molecule has 0 saturated heterocycles. The van der Waals surface area contributed by atoms with Gasteiger partial charge in [0.05, 0.1) is 22.3 Å². The number of rotatable bonds is 5. The number of carbonyl (C=O) groups excluding carboxylic acids is 2. The van der Waals surface area contributed by atoms with Crippen LogP contribution in [0.1, 0.15) is 22.3 Å². The van der Waals surface area contributed by atoms with Gasteiger partial charge in [-0.2, -0.15) is 0 Å². The van der Waals surface area contributed by atoms with Crippen molar-refractivity contribution in [3.05, 3.63) is 53.0 Å². The van der Waals surface area contributed by atoms with E-state index in [-0.39, 0.29) is 5.91 Å². The van der Waals surface area contributed by atoms with E-state index in [1.807, 2.05) is 24.3 Å². The molecule has 2 aromatic carbocycles. The quantitative estimate of drug-likeness (QED) is 0.599. The summed E-state index contributed by atoms with van der Waals surface area (Å²) in [5.41, 5.74) is 1.22. The topological polar surface area (TPSA) is 78.0 Å². The van der Waals surface area contributed by atoms with Gasteiger partial charge >= 0.3 is 5.97 Å². The van der Waals surface area contributed by atoms with Crippen LogP contribution in [0.4, 0.5) is 0 Å². The van der Waals surface area contributed by atoms with Gasteiger partial charge in [0.15, 0.2) is 17.6 Å². The van der Waals surface area contributed by atoms with Crippen molar-refractivity contribution in [2.45, 2.75) is 19.6 Å². The van der Waals surface area contributed by atoms with E-state index in [9.17, 15) is 9.59 Å². The van der Waals surface area contributed by atoms with Gasteiger partial charge in [0.25, 0.3) is 5.91 Å². The average Bonchev–Trinajstić information content (AvgIpc) is 3.14. The van der Waals surface area contributed by atoms with Gasteiger partial charge in [0, 0.05) is 7.05 Å². The fourth-order valence-electron chi connectivity index (χ4n) is 3.03. The van der Waals surface area contributed by atoms with Gasteiger partial charge in [-0.05, 0) is 37.3 Å². The molecule has 4 rings (SSSR count). The summed E-state index contributed by atoms with van der Waals surface area (Å²) in [6, 6.07) is 12.6.